The lowest BCUT2D eigenvalue weighted by Crippen LogP contribution is -2.31. The molecule has 0 radical (unpaired) electrons. The fourth-order valence-electron chi connectivity index (χ4n) is 3.86. The number of thioether (sulfide) groups is 1. The quantitative estimate of drug-likeness (QED) is 0.226. The highest BCUT2D eigenvalue weighted by molar-refractivity contribution is 8.26. The maximum Gasteiger partial charge on any atom is 0.271 e. The average Bonchev–Trinajstić information content (AvgIpc) is 3.08. The zero-order chi connectivity index (χ0) is 25.7. The van der Waals surface area contributed by atoms with Gasteiger partial charge in [-0.25, -0.2) is 0 Å². The van der Waals surface area contributed by atoms with E-state index < -0.39 is 17.2 Å². The Labute approximate surface area is 214 Å². The Morgan fingerprint density at radius 3 is 2.49 bits per heavy atom. The summed E-state index contributed by atoms with van der Waals surface area (Å²) in [4.78, 5) is 40.6. The number of carbonyl (C=O) groups is 2. The van der Waals surface area contributed by atoms with Crippen molar-refractivity contribution in [3.8, 4) is 11.9 Å². The first-order valence-corrected chi connectivity index (χ1v) is 12.6. The van der Waals surface area contributed by atoms with Crippen LogP contribution in [0.5, 0.6) is 5.88 Å². The average molecular weight is 510 g/mol. The van der Waals surface area contributed by atoms with Crippen molar-refractivity contribution >= 4 is 46.1 Å². The number of carbonyl (C=O) groups excluding carboxylic acids is 2. The van der Waals surface area contributed by atoms with Gasteiger partial charge in [-0.05, 0) is 37.5 Å². The molecule has 3 rings (SSSR count). The molecule has 1 aliphatic rings. The van der Waals surface area contributed by atoms with Gasteiger partial charge in [0, 0.05) is 19.5 Å². The number of rotatable bonds is 9. The van der Waals surface area contributed by atoms with Crippen LogP contribution in [0.15, 0.2) is 34.0 Å². The predicted molar refractivity (Wildman–Crippen MR) is 141 cm³/mol. The van der Waals surface area contributed by atoms with Crippen LogP contribution >= 0.6 is 24.0 Å². The molecule has 0 aliphatic carbocycles. The lowest BCUT2D eigenvalue weighted by Gasteiger charge is -2.17. The Morgan fingerprint density at radius 1 is 1.17 bits per heavy atom. The maximum absolute atomic E-state index is 13.1. The summed E-state index contributed by atoms with van der Waals surface area (Å²) < 4.78 is 1.45. The van der Waals surface area contributed by atoms with Gasteiger partial charge in [0.05, 0.1) is 10.5 Å². The molecule has 0 saturated carbocycles. The molecule has 35 heavy (non-hydrogen) atoms. The second-order valence-corrected chi connectivity index (χ2v) is 10.1. The Kier molecular flexibility index (Phi) is 8.65. The first kappa shape index (κ1) is 26.4. The van der Waals surface area contributed by atoms with Gasteiger partial charge in [-0.1, -0.05) is 73.6 Å². The van der Waals surface area contributed by atoms with E-state index in [1.54, 1.807) is 6.08 Å². The van der Waals surface area contributed by atoms with Crippen molar-refractivity contribution in [2.45, 2.75) is 53.0 Å². The van der Waals surface area contributed by atoms with Crippen molar-refractivity contribution in [1.82, 2.24) is 9.47 Å². The van der Waals surface area contributed by atoms with Crippen LogP contribution in [0.1, 0.15) is 65.2 Å². The molecule has 1 saturated heterocycles. The highest BCUT2D eigenvalue weighted by Crippen LogP contribution is 2.33. The van der Waals surface area contributed by atoms with Crippen molar-refractivity contribution in [1.29, 1.82) is 5.26 Å². The topological polar surface area (TPSA) is 103 Å². The zero-order valence-electron chi connectivity index (χ0n) is 20.0. The van der Waals surface area contributed by atoms with Crippen LogP contribution in [-0.4, -0.2) is 37.1 Å². The molecule has 9 heteroatoms. The third kappa shape index (κ3) is 5.72. The Balaban J connectivity index is 1.81. The van der Waals surface area contributed by atoms with Gasteiger partial charge < -0.3 is 5.11 Å². The van der Waals surface area contributed by atoms with Crippen LogP contribution in [-0.2, 0) is 11.3 Å². The van der Waals surface area contributed by atoms with E-state index in [1.807, 2.05) is 44.2 Å². The third-order valence-corrected chi connectivity index (χ3v) is 7.25. The number of hydrogen-bond donors (Lipinski definition) is 1. The highest BCUT2D eigenvalue weighted by Gasteiger charge is 2.33. The van der Waals surface area contributed by atoms with E-state index in [9.17, 15) is 24.8 Å². The van der Waals surface area contributed by atoms with Gasteiger partial charge in [-0.3, -0.25) is 23.9 Å². The SMILES string of the molecule is CCCCCn1c(O)c(C(=O)CCN2C(=O)/C(=C/c3ccc(C)cc3)SC2=S)c(C)c(C#N)c1=O. The Morgan fingerprint density at radius 2 is 1.86 bits per heavy atom. The number of aromatic nitrogens is 1. The normalized spacial score (nSPS) is 14.6. The molecule has 0 unspecified atom stereocenters. The van der Waals surface area contributed by atoms with Crippen molar-refractivity contribution in [2.75, 3.05) is 6.54 Å². The molecule has 1 aliphatic heterocycles. The molecule has 0 spiro atoms. The van der Waals surface area contributed by atoms with Crippen molar-refractivity contribution in [2.24, 2.45) is 0 Å². The van der Waals surface area contributed by atoms with E-state index in [0.29, 0.717) is 15.6 Å². The molecule has 1 fully saturated rings. The second-order valence-electron chi connectivity index (χ2n) is 8.39. The highest BCUT2D eigenvalue weighted by atomic mass is 32.2. The largest absolute Gasteiger partial charge is 0.494 e. The van der Waals surface area contributed by atoms with E-state index in [1.165, 1.54) is 23.6 Å². The summed E-state index contributed by atoms with van der Waals surface area (Å²) >= 11 is 6.54. The van der Waals surface area contributed by atoms with Gasteiger partial charge in [0.15, 0.2) is 5.78 Å². The molecule has 1 amide bonds. The van der Waals surface area contributed by atoms with E-state index in [2.05, 4.69) is 0 Å². The summed E-state index contributed by atoms with van der Waals surface area (Å²) in [5, 5.41) is 20.3. The van der Waals surface area contributed by atoms with Crippen LogP contribution in [0.3, 0.4) is 0 Å². The van der Waals surface area contributed by atoms with Gasteiger partial charge >= 0.3 is 0 Å². The summed E-state index contributed by atoms with van der Waals surface area (Å²) in [5.74, 6) is -1.17. The number of thiocarbonyl (C=S) groups is 1. The van der Waals surface area contributed by atoms with Gasteiger partial charge in [-0.15, -0.1) is 0 Å². The van der Waals surface area contributed by atoms with Gasteiger partial charge in [0.1, 0.15) is 16.0 Å². The second kappa shape index (κ2) is 11.5. The van der Waals surface area contributed by atoms with E-state index in [-0.39, 0.29) is 42.1 Å². The minimum absolute atomic E-state index is 0.0322. The van der Waals surface area contributed by atoms with Crippen molar-refractivity contribution in [3.63, 3.8) is 0 Å². The summed E-state index contributed by atoms with van der Waals surface area (Å²) in [6, 6.07) is 9.61. The number of pyridine rings is 1. The number of nitriles is 1. The molecular weight excluding hydrogens is 482 g/mol. The maximum atomic E-state index is 13.1. The Hall–Kier alpha value is -3.22. The standard InChI is InChI=1S/C26H27N3O4S2/c1-4-5-6-12-28-23(31)19(15-27)17(3)22(25(28)33)20(30)11-13-29-24(32)21(35-26(29)34)14-18-9-7-16(2)8-10-18/h7-10,14,33H,4-6,11-13H2,1-3H3/b21-14-. The van der Waals surface area contributed by atoms with Gasteiger partial charge in [0.25, 0.3) is 11.5 Å². The summed E-state index contributed by atoms with van der Waals surface area (Å²) in [5.41, 5.74) is 1.32. The minimum Gasteiger partial charge on any atom is -0.494 e. The molecule has 1 aromatic heterocycles. The number of amides is 1. The molecule has 2 heterocycles. The van der Waals surface area contributed by atoms with Crippen LogP contribution in [0.2, 0.25) is 0 Å². The first-order chi connectivity index (χ1) is 16.7. The minimum atomic E-state index is -0.603. The number of aromatic hydroxyl groups is 1. The monoisotopic (exact) mass is 509 g/mol. The summed E-state index contributed by atoms with van der Waals surface area (Å²) in [7, 11) is 0. The summed E-state index contributed by atoms with van der Waals surface area (Å²) in [6.45, 7) is 5.72. The Bertz CT molecular complexity index is 1300. The molecule has 7 nitrogen and oxygen atoms in total. The number of nitrogens with zero attached hydrogens (tertiary/aromatic N) is 3. The molecule has 1 N–H and O–H groups in total. The molecule has 2 aromatic rings. The number of aryl methyl sites for hydroxylation is 1. The molecule has 182 valence electrons. The van der Waals surface area contributed by atoms with Crippen molar-refractivity contribution < 1.29 is 14.7 Å². The fraction of sp³-hybridized carbons (Fsp3) is 0.346. The molecule has 0 bridgehead atoms. The van der Waals surface area contributed by atoms with Crippen LogP contribution < -0.4 is 5.56 Å². The lowest BCUT2D eigenvalue weighted by atomic mass is 9.99. The molecule has 0 atom stereocenters. The molecule has 1 aromatic carbocycles. The molecular formula is C26H27N3O4S2. The zero-order valence-corrected chi connectivity index (χ0v) is 21.6. The van der Waals surface area contributed by atoms with Crippen LogP contribution in [0.25, 0.3) is 6.08 Å². The number of Topliss-reactive ketones (excluding diaryl/α,β-unsaturated/α-hetero) is 1. The van der Waals surface area contributed by atoms with Gasteiger partial charge in [-0.2, -0.15) is 5.26 Å². The van der Waals surface area contributed by atoms with E-state index >= 15 is 0 Å². The third-order valence-electron chi connectivity index (χ3n) is 5.88. The fourth-order valence-corrected chi connectivity index (χ4v) is 5.17. The predicted octanol–water partition coefficient (Wildman–Crippen LogP) is 4.71. The van der Waals surface area contributed by atoms with E-state index in [0.717, 1.165) is 28.5 Å². The number of ketones is 1. The lowest BCUT2D eigenvalue weighted by molar-refractivity contribution is -0.122. The van der Waals surface area contributed by atoms with E-state index in [4.69, 9.17) is 12.2 Å². The number of hydrogen-bond acceptors (Lipinski definition) is 7. The smallest absolute Gasteiger partial charge is 0.271 e. The van der Waals surface area contributed by atoms with Crippen LogP contribution in [0.4, 0.5) is 0 Å². The van der Waals surface area contributed by atoms with Crippen molar-refractivity contribution in [3.05, 3.63) is 67.3 Å². The number of unbranched alkanes of at least 4 members (excludes halogenated alkanes) is 2. The summed E-state index contributed by atoms with van der Waals surface area (Å²) in [6.07, 6.45) is 4.05. The number of benzene rings is 1. The van der Waals surface area contributed by atoms with Gasteiger partial charge in [0.2, 0.25) is 5.88 Å². The first-order valence-electron chi connectivity index (χ1n) is 11.4. The van der Waals surface area contributed by atoms with Crippen LogP contribution in [0, 0.1) is 25.2 Å².